The van der Waals surface area contributed by atoms with Crippen molar-refractivity contribution in [3.8, 4) is 0 Å². The molecule has 1 aromatic carbocycles. The average Bonchev–Trinajstić information content (AvgIpc) is 2.23. The second kappa shape index (κ2) is 3.88. The SMILES string of the molecule is Cc1cnc2c([N+](=O)[O-])ccc(Cl)c2c1Cl. The zero-order valence-corrected chi connectivity index (χ0v) is 9.71. The van der Waals surface area contributed by atoms with Gasteiger partial charge in [-0.2, -0.15) is 0 Å². The molecule has 82 valence electrons. The van der Waals surface area contributed by atoms with Crippen LogP contribution in [-0.4, -0.2) is 9.91 Å². The predicted molar refractivity (Wildman–Crippen MR) is 63.2 cm³/mol. The second-order valence-electron chi connectivity index (χ2n) is 3.30. The van der Waals surface area contributed by atoms with Gasteiger partial charge in [0.25, 0.3) is 5.69 Å². The number of non-ortho nitro benzene ring substituents is 1. The molecule has 0 bridgehead atoms. The normalized spacial score (nSPS) is 10.7. The lowest BCUT2D eigenvalue weighted by atomic mass is 10.1. The third kappa shape index (κ3) is 1.60. The highest BCUT2D eigenvalue weighted by atomic mass is 35.5. The second-order valence-corrected chi connectivity index (χ2v) is 4.09. The first-order valence-corrected chi connectivity index (χ1v) is 5.15. The van der Waals surface area contributed by atoms with Gasteiger partial charge < -0.3 is 0 Å². The Morgan fingerprint density at radius 3 is 2.69 bits per heavy atom. The van der Waals surface area contributed by atoms with Crippen LogP contribution in [0.3, 0.4) is 0 Å². The van der Waals surface area contributed by atoms with E-state index in [0.717, 1.165) is 5.56 Å². The van der Waals surface area contributed by atoms with Gasteiger partial charge >= 0.3 is 0 Å². The van der Waals surface area contributed by atoms with Crippen LogP contribution in [0.4, 0.5) is 5.69 Å². The summed E-state index contributed by atoms with van der Waals surface area (Å²) in [5, 5.41) is 12.0. The van der Waals surface area contributed by atoms with Gasteiger partial charge in [0.05, 0.1) is 15.0 Å². The Morgan fingerprint density at radius 2 is 2.06 bits per heavy atom. The molecule has 2 aromatic rings. The molecule has 0 saturated heterocycles. The van der Waals surface area contributed by atoms with E-state index in [9.17, 15) is 10.1 Å². The first-order valence-electron chi connectivity index (χ1n) is 4.40. The Labute approximate surface area is 101 Å². The number of aryl methyl sites for hydroxylation is 1. The number of hydrogen-bond donors (Lipinski definition) is 0. The fourth-order valence-corrected chi connectivity index (χ4v) is 1.99. The molecule has 0 spiro atoms. The highest BCUT2D eigenvalue weighted by Gasteiger charge is 2.17. The zero-order valence-electron chi connectivity index (χ0n) is 8.20. The van der Waals surface area contributed by atoms with Gasteiger partial charge in [-0.3, -0.25) is 10.1 Å². The molecule has 2 rings (SSSR count). The minimum atomic E-state index is -0.503. The van der Waals surface area contributed by atoms with Gasteiger partial charge in [-0.25, -0.2) is 4.98 Å². The maximum absolute atomic E-state index is 10.8. The molecule has 0 radical (unpaired) electrons. The van der Waals surface area contributed by atoms with Crippen LogP contribution in [0, 0.1) is 17.0 Å². The summed E-state index contributed by atoms with van der Waals surface area (Å²) < 4.78 is 0. The number of aromatic nitrogens is 1. The number of fused-ring (bicyclic) bond motifs is 1. The summed E-state index contributed by atoms with van der Waals surface area (Å²) in [4.78, 5) is 14.3. The molecule has 6 heteroatoms. The largest absolute Gasteiger partial charge is 0.295 e. The Morgan fingerprint density at radius 1 is 1.38 bits per heavy atom. The van der Waals surface area contributed by atoms with Gasteiger partial charge in [-0.15, -0.1) is 0 Å². The van der Waals surface area contributed by atoms with Crippen molar-refractivity contribution in [2.75, 3.05) is 0 Å². The lowest BCUT2D eigenvalue weighted by molar-refractivity contribution is -0.383. The molecule has 0 aliphatic carbocycles. The third-order valence-electron chi connectivity index (χ3n) is 2.26. The summed E-state index contributed by atoms with van der Waals surface area (Å²) in [5.74, 6) is 0. The first kappa shape index (κ1) is 11.1. The Hall–Kier alpha value is -1.39. The highest BCUT2D eigenvalue weighted by Crippen LogP contribution is 2.35. The van der Waals surface area contributed by atoms with Crippen LogP contribution in [0.5, 0.6) is 0 Å². The van der Waals surface area contributed by atoms with E-state index in [2.05, 4.69) is 4.98 Å². The number of hydrogen-bond acceptors (Lipinski definition) is 3. The number of nitrogens with zero attached hydrogens (tertiary/aromatic N) is 2. The average molecular weight is 257 g/mol. The van der Waals surface area contributed by atoms with Crippen molar-refractivity contribution >= 4 is 39.8 Å². The highest BCUT2D eigenvalue weighted by molar-refractivity contribution is 6.42. The van der Waals surface area contributed by atoms with Crippen LogP contribution in [-0.2, 0) is 0 Å². The van der Waals surface area contributed by atoms with Crippen molar-refractivity contribution in [3.63, 3.8) is 0 Å². The number of rotatable bonds is 1. The van der Waals surface area contributed by atoms with Crippen molar-refractivity contribution in [2.24, 2.45) is 0 Å². The Bertz CT molecular complexity index is 599. The van der Waals surface area contributed by atoms with Gasteiger partial charge in [0.1, 0.15) is 0 Å². The molecule has 1 aromatic heterocycles. The number of benzene rings is 1. The van der Waals surface area contributed by atoms with E-state index in [1.54, 1.807) is 6.92 Å². The summed E-state index contributed by atoms with van der Waals surface area (Å²) in [6.45, 7) is 1.77. The molecule has 0 amide bonds. The van der Waals surface area contributed by atoms with Crippen molar-refractivity contribution in [1.82, 2.24) is 4.98 Å². The summed E-state index contributed by atoms with van der Waals surface area (Å²) >= 11 is 12.0. The van der Waals surface area contributed by atoms with Gasteiger partial charge in [-0.1, -0.05) is 23.2 Å². The molecule has 0 fully saturated rings. The quantitative estimate of drug-likeness (QED) is 0.577. The Balaban J connectivity index is 2.97. The van der Waals surface area contributed by atoms with Gasteiger partial charge in [0, 0.05) is 17.6 Å². The Kier molecular flexibility index (Phi) is 2.69. The summed E-state index contributed by atoms with van der Waals surface area (Å²) in [7, 11) is 0. The van der Waals surface area contributed by atoms with Crippen molar-refractivity contribution in [2.45, 2.75) is 6.92 Å². The number of halogens is 2. The van der Waals surface area contributed by atoms with Gasteiger partial charge in [0.15, 0.2) is 5.52 Å². The lowest BCUT2D eigenvalue weighted by Gasteiger charge is -2.05. The topological polar surface area (TPSA) is 56.0 Å². The molecule has 0 N–H and O–H groups in total. The summed E-state index contributed by atoms with van der Waals surface area (Å²) in [6.07, 6.45) is 1.49. The predicted octanol–water partition coefficient (Wildman–Crippen LogP) is 3.76. The van der Waals surface area contributed by atoms with E-state index in [1.807, 2.05) is 0 Å². The minimum Gasteiger partial charge on any atom is -0.258 e. The minimum absolute atomic E-state index is 0.0960. The molecule has 1 heterocycles. The number of nitro benzene ring substituents is 1. The van der Waals surface area contributed by atoms with Gasteiger partial charge in [-0.05, 0) is 18.6 Å². The van der Waals surface area contributed by atoms with Gasteiger partial charge in [0.2, 0.25) is 0 Å². The molecule has 0 unspecified atom stereocenters. The molecule has 0 saturated carbocycles. The van der Waals surface area contributed by atoms with Crippen molar-refractivity contribution < 1.29 is 4.92 Å². The van der Waals surface area contributed by atoms with E-state index in [-0.39, 0.29) is 11.2 Å². The fourth-order valence-electron chi connectivity index (χ4n) is 1.46. The number of nitro groups is 1. The molecule has 16 heavy (non-hydrogen) atoms. The number of pyridine rings is 1. The fraction of sp³-hybridized carbons (Fsp3) is 0.100. The molecule has 4 nitrogen and oxygen atoms in total. The van der Waals surface area contributed by atoms with E-state index in [1.165, 1.54) is 18.3 Å². The van der Waals surface area contributed by atoms with Crippen LogP contribution in [0.15, 0.2) is 18.3 Å². The smallest absolute Gasteiger partial charge is 0.258 e. The van der Waals surface area contributed by atoms with Crippen molar-refractivity contribution in [1.29, 1.82) is 0 Å². The summed E-state index contributed by atoms with van der Waals surface area (Å²) in [6, 6.07) is 2.78. The van der Waals surface area contributed by atoms with E-state index >= 15 is 0 Å². The monoisotopic (exact) mass is 256 g/mol. The molecule has 0 aliphatic rings. The van der Waals surface area contributed by atoms with Crippen LogP contribution >= 0.6 is 23.2 Å². The van der Waals surface area contributed by atoms with Crippen molar-refractivity contribution in [3.05, 3.63) is 44.1 Å². The lowest BCUT2D eigenvalue weighted by Crippen LogP contribution is -1.93. The van der Waals surface area contributed by atoms with E-state index in [4.69, 9.17) is 23.2 Å². The van der Waals surface area contributed by atoms with E-state index in [0.29, 0.717) is 15.4 Å². The molecule has 0 atom stereocenters. The molecule has 0 aliphatic heterocycles. The van der Waals surface area contributed by atoms with Crippen LogP contribution in [0.1, 0.15) is 5.56 Å². The van der Waals surface area contributed by atoms with E-state index < -0.39 is 4.92 Å². The summed E-state index contributed by atoms with van der Waals surface area (Å²) in [5.41, 5.74) is 0.853. The first-order chi connectivity index (χ1) is 7.52. The maximum Gasteiger partial charge on any atom is 0.295 e. The molecular formula is C10H6Cl2N2O2. The maximum atomic E-state index is 10.8. The molecular weight excluding hydrogens is 251 g/mol. The van der Waals surface area contributed by atoms with Crippen LogP contribution < -0.4 is 0 Å². The zero-order chi connectivity index (χ0) is 11.9. The van der Waals surface area contributed by atoms with Crippen LogP contribution in [0.25, 0.3) is 10.9 Å². The standard InChI is InChI=1S/C10H6Cl2N2O2/c1-5-4-13-10-7(14(15)16)3-2-6(11)8(10)9(5)12/h2-4H,1H3. The third-order valence-corrected chi connectivity index (χ3v) is 3.06. The van der Waals surface area contributed by atoms with Crippen LogP contribution in [0.2, 0.25) is 10.0 Å².